The molecule has 2 aliphatic rings. The Morgan fingerprint density at radius 1 is 0.677 bits per heavy atom. The molecule has 17 nitrogen and oxygen atoms in total. The van der Waals surface area contributed by atoms with Crippen LogP contribution in [0.4, 0.5) is 0 Å². The second kappa shape index (κ2) is 29.1. The molecule has 352 valence electrons. The second-order valence-electron chi connectivity index (χ2n) is 16.4. The standard InChI is InChI=1S/C45H71NO16/c1-29-15-13-11-9-7-5-3-4-6-8-10-12-14-16-35(62-44-42(55)41(46)39(53)28-60-44)19-17-31(43(56)57)21-22-45(58,59)27-34(49)25-38(52)36(50)20-18-32(47)24-33(48)26-40(54)61-30(2)23-37(29)51/h3-16,29-39,41-42,44,47-53,55,58-59H,17-28,46H2,1-2H3,(H,56,57). The predicted octanol–water partition coefficient (Wildman–Crippen LogP) is 1.09. The van der Waals surface area contributed by atoms with Gasteiger partial charge in [0.05, 0.1) is 73.8 Å². The van der Waals surface area contributed by atoms with Crippen LogP contribution in [0.15, 0.2) is 85.1 Å². The first kappa shape index (κ1) is 54.7. The number of hydrogen-bond acceptors (Lipinski definition) is 16. The summed E-state index contributed by atoms with van der Waals surface area (Å²) in [6, 6.07) is -1.04. The Morgan fingerprint density at radius 2 is 1.26 bits per heavy atom. The van der Waals surface area contributed by atoms with E-state index in [1.54, 1.807) is 55.5 Å². The fourth-order valence-corrected chi connectivity index (χ4v) is 6.81. The zero-order valence-electron chi connectivity index (χ0n) is 35.7. The third-order valence-corrected chi connectivity index (χ3v) is 10.6. The minimum absolute atomic E-state index is 0.00675. The van der Waals surface area contributed by atoms with Gasteiger partial charge in [-0.15, -0.1) is 0 Å². The highest BCUT2D eigenvalue weighted by Crippen LogP contribution is 2.27. The topological polar surface area (TPSA) is 310 Å². The molecule has 14 unspecified atom stereocenters. The maximum Gasteiger partial charge on any atom is 0.308 e. The molecule has 2 rings (SSSR count). The van der Waals surface area contributed by atoms with Gasteiger partial charge in [0, 0.05) is 31.6 Å². The van der Waals surface area contributed by atoms with E-state index in [2.05, 4.69) is 0 Å². The lowest BCUT2D eigenvalue weighted by molar-refractivity contribution is -0.252. The maximum atomic E-state index is 12.4. The monoisotopic (exact) mass is 881 g/mol. The fourth-order valence-electron chi connectivity index (χ4n) is 6.81. The number of carbonyl (C=O) groups excluding carboxylic acids is 1. The summed E-state index contributed by atoms with van der Waals surface area (Å²) in [7, 11) is 0. The van der Waals surface area contributed by atoms with E-state index in [1.807, 2.05) is 43.4 Å². The van der Waals surface area contributed by atoms with E-state index in [-0.39, 0.29) is 57.5 Å². The van der Waals surface area contributed by atoms with Crippen LogP contribution in [0, 0.1) is 11.8 Å². The average molecular weight is 882 g/mol. The first-order chi connectivity index (χ1) is 29.3. The third kappa shape index (κ3) is 22.8. The molecule has 1 saturated heterocycles. The minimum Gasteiger partial charge on any atom is -0.481 e. The Morgan fingerprint density at radius 3 is 1.85 bits per heavy atom. The first-order valence-electron chi connectivity index (χ1n) is 21.3. The van der Waals surface area contributed by atoms with E-state index in [0.717, 1.165) is 0 Å². The average Bonchev–Trinajstić information content (AvgIpc) is 3.18. The van der Waals surface area contributed by atoms with Gasteiger partial charge in [-0.05, 0) is 45.4 Å². The number of carboxylic acid groups (broad SMARTS) is 1. The van der Waals surface area contributed by atoms with Crippen molar-refractivity contribution in [3.63, 3.8) is 0 Å². The summed E-state index contributed by atoms with van der Waals surface area (Å²) in [5.41, 5.74) is 5.89. The SMILES string of the molecule is CC1CC(O)C(C)C=CC=CC=CC=CC=CC=CC=CC(OC2OCC(O)C(N)C2O)CCC(C(=O)O)CCC(O)(O)CC(O)CC(O)C(O)CCC(O)CC(O)CC(=O)O1. The summed E-state index contributed by atoms with van der Waals surface area (Å²) < 4.78 is 16.7. The molecule has 0 spiro atoms. The number of aliphatic carboxylic acids is 1. The number of cyclic esters (lactones) is 1. The van der Waals surface area contributed by atoms with Gasteiger partial charge in [-0.3, -0.25) is 9.59 Å². The lowest BCUT2D eigenvalue weighted by atomic mass is 9.90. The Kier molecular flexibility index (Phi) is 25.7. The van der Waals surface area contributed by atoms with Gasteiger partial charge in [-0.2, -0.15) is 0 Å². The van der Waals surface area contributed by atoms with Crippen molar-refractivity contribution in [2.24, 2.45) is 17.6 Å². The number of rotatable bonds is 3. The molecule has 0 aliphatic carbocycles. The highest BCUT2D eigenvalue weighted by atomic mass is 16.7. The Bertz CT molecular complexity index is 1510. The van der Waals surface area contributed by atoms with E-state index >= 15 is 0 Å². The highest BCUT2D eigenvalue weighted by Gasteiger charge is 2.38. The Hall–Kier alpha value is -3.40. The van der Waals surface area contributed by atoms with Gasteiger partial charge < -0.3 is 76.1 Å². The Balaban J connectivity index is 2.20. The van der Waals surface area contributed by atoms with Crippen LogP contribution in [0.25, 0.3) is 0 Å². The van der Waals surface area contributed by atoms with Crippen molar-refractivity contribution < 1.29 is 80.0 Å². The summed E-state index contributed by atoms with van der Waals surface area (Å²) in [6.07, 6.45) is 9.40. The van der Waals surface area contributed by atoms with Gasteiger partial charge in [0.25, 0.3) is 0 Å². The Labute approximate surface area is 364 Å². The van der Waals surface area contributed by atoms with E-state index in [9.17, 15) is 65.8 Å². The van der Waals surface area contributed by atoms with E-state index in [1.165, 1.54) is 0 Å². The lowest BCUT2D eigenvalue weighted by Crippen LogP contribution is -2.58. The number of nitrogens with two attached hydrogens (primary N) is 1. The van der Waals surface area contributed by atoms with Crippen molar-refractivity contribution in [2.75, 3.05) is 6.61 Å². The van der Waals surface area contributed by atoms with Crippen LogP contribution in [-0.4, -0.2) is 154 Å². The number of allylic oxidation sites excluding steroid dienone is 12. The number of aliphatic hydroxyl groups excluding tert-OH is 8. The zero-order valence-corrected chi connectivity index (χ0v) is 35.7. The molecule has 0 aromatic carbocycles. The quantitative estimate of drug-likeness (QED) is 0.139. The van der Waals surface area contributed by atoms with Crippen molar-refractivity contribution in [1.29, 1.82) is 0 Å². The molecule has 62 heavy (non-hydrogen) atoms. The molecule has 0 aromatic rings. The van der Waals surface area contributed by atoms with E-state index in [0.29, 0.717) is 0 Å². The normalized spacial score (nSPS) is 36.6. The van der Waals surface area contributed by atoms with Crippen LogP contribution in [0.2, 0.25) is 0 Å². The predicted molar refractivity (Wildman–Crippen MR) is 228 cm³/mol. The summed E-state index contributed by atoms with van der Waals surface area (Å²) in [5, 5.41) is 115. The van der Waals surface area contributed by atoms with Crippen LogP contribution >= 0.6 is 0 Å². The molecule has 2 aliphatic heterocycles. The number of esters is 1. The molecule has 17 heteroatoms. The zero-order chi connectivity index (χ0) is 46.2. The van der Waals surface area contributed by atoms with Gasteiger partial charge in [0.1, 0.15) is 12.2 Å². The number of ether oxygens (including phenoxy) is 3. The molecule has 0 aromatic heterocycles. The summed E-state index contributed by atoms with van der Waals surface area (Å²) in [6.45, 7) is 3.25. The van der Waals surface area contributed by atoms with Gasteiger partial charge in [0.2, 0.25) is 0 Å². The number of hydrogen-bond donors (Lipinski definition) is 12. The molecule has 2 heterocycles. The van der Waals surface area contributed by atoms with Crippen LogP contribution in [0.3, 0.4) is 0 Å². The number of aliphatic hydroxyl groups is 10. The number of carbonyl (C=O) groups is 2. The second-order valence-corrected chi connectivity index (χ2v) is 16.4. The van der Waals surface area contributed by atoms with E-state index in [4.69, 9.17) is 19.9 Å². The summed E-state index contributed by atoms with van der Waals surface area (Å²) >= 11 is 0. The molecule has 0 amide bonds. The van der Waals surface area contributed by atoms with Crippen molar-refractivity contribution in [2.45, 2.75) is 164 Å². The largest absolute Gasteiger partial charge is 0.481 e. The van der Waals surface area contributed by atoms with Gasteiger partial charge in [-0.25, -0.2) is 0 Å². The van der Waals surface area contributed by atoms with Gasteiger partial charge in [0.15, 0.2) is 12.1 Å². The third-order valence-electron chi connectivity index (χ3n) is 10.6. The van der Waals surface area contributed by atoms with Gasteiger partial charge >= 0.3 is 11.9 Å². The molecule has 0 saturated carbocycles. The summed E-state index contributed by atoms with van der Waals surface area (Å²) in [5.74, 6) is -5.83. The smallest absolute Gasteiger partial charge is 0.308 e. The van der Waals surface area contributed by atoms with Crippen LogP contribution in [-0.2, 0) is 23.8 Å². The fraction of sp³-hybridized carbons (Fsp3) is 0.644. The molecule has 0 bridgehead atoms. The minimum atomic E-state index is -2.54. The number of carboxylic acids is 1. The van der Waals surface area contributed by atoms with Crippen molar-refractivity contribution in [3.8, 4) is 0 Å². The van der Waals surface area contributed by atoms with Crippen LogP contribution in [0.1, 0.15) is 84.5 Å². The van der Waals surface area contributed by atoms with Crippen molar-refractivity contribution in [1.82, 2.24) is 0 Å². The van der Waals surface area contributed by atoms with Gasteiger partial charge in [-0.1, -0.05) is 92.0 Å². The van der Waals surface area contributed by atoms with Crippen molar-refractivity contribution in [3.05, 3.63) is 85.1 Å². The molecule has 14 atom stereocenters. The lowest BCUT2D eigenvalue weighted by Gasteiger charge is -2.37. The summed E-state index contributed by atoms with van der Waals surface area (Å²) in [4.78, 5) is 24.6. The highest BCUT2D eigenvalue weighted by molar-refractivity contribution is 5.70. The van der Waals surface area contributed by atoms with Crippen molar-refractivity contribution >= 4 is 11.9 Å². The maximum absolute atomic E-state index is 12.4. The molecule has 13 N–H and O–H groups in total. The molecule has 1 fully saturated rings. The molecular formula is C45H71NO16. The molecule has 0 radical (unpaired) electrons. The molecular weight excluding hydrogens is 810 g/mol. The van der Waals surface area contributed by atoms with Crippen LogP contribution < -0.4 is 5.73 Å². The van der Waals surface area contributed by atoms with Crippen LogP contribution in [0.5, 0.6) is 0 Å². The van der Waals surface area contributed by atoms with E-state index < -0.39 is 123 Å². The first-order valence-corrected chi connectivity index (χ1v) is 21.3.